The van der Waals surface area contributed by atoms with Gasteiger partial charge in [-0.1, -0.05) is 29.5 Å². The number of nitrogens with zero attached hydrogens (tertiary/aromatic N) is 2. The van der Waals surface area contributed by atoms with Crippen LogP contribution in [0.5, 0.6) is 0 Å². The van der Waals surface area contributed by atoms with E-state index in [0.717, 1.165) is 10.6 Å². The number of hydrogen-bond donors (Lipinski definition) is 1. The maximum atomic E-state index is 5.58. The normalized spacial score (nSPS) is 10.9. The molecule has 0 spiro atoms. The molecule has 1 aromatic carbocycles. The Kier molecular flexibility index (Phi) is 1.93. The number of nitrogen functional groups attached to an aromatic ring is 1. The molecule has 2 aromatic heterocycles. The molecule has 0 fully saturated rings. The Bertz CT molecular complexity index is 612. The van der Waals surface area contributed by atoms with Gasteiger partial charge in [-0.25, -0.2) is 0 Å². The summed E-state index contributed by atoms with van der Waals surface area (Å²) in [7, 11) is 0. The molecule has 0 saturated heterocycles. The lowest BCUT2D eigenvalue weighted by Crippen LogP contribution is -1.80. The van der Waals surface area contributed by atoms with Gasteiger partial charge in [0.2, 0.25) is 5.13 Å². The van der Waals surface area contributed by atoms with Gasteiger partial charge in [0.05, 0.1) is 0 Å². The summed E-state index contributed by atoms with van der Waals surface area (Å²) in [6, 6.07) is 8.29. The number of benzene rings is 1. The average molecular weight is 233 g/mol. The Morgan fingerprint density at radius 1 is 1.13 bits per heavy atom. The molecule has 0 saturated carbocycles. The monoisotopic (exact) mass is 233 g/mol. The Morgan fingerprint density at radius 2 is 2.07 bits per heavy atom. The first-order valence-corrected chi connectivity index (χ1v) is 6.10. The highest BCUT2D eigenvalue weighted by molar-refractivity contribution is 7.20. The Morgan fingerprint density at radius 3 is 2.87 bits per heavy atom. The van der Waals surface area contributed by atoms with E-state index in [-0.39, 0.29) is 0 Å². The van der Waals surface area contributed by atoms with Crippen molar-refractivity contribution in [1.82, 2.24) is 10.2 Å². The molecule has 2 N–H and O–H groups in total. The van der Waals surface area contributed by atoms with Crippen molar-refractivity contribution in [2.45, 2.75) is 0 Å². The fraction of sp³-hybridized carbons (Fsp3) is 0. The first kappa shape index (κ1) is 8.82. The van der Waals surface area contributed by atoms with Gasteiger partial charge in [-0.15, -0.1) is 21.5 Å². The van der Waals surface area contributed by atoms with Crippen LogP contribution in [0, 0.1) is 0 Å². The van der Waals surface area contributed by atoms with Crippen LogP contribution in [0.25, 0.3) is 20.7 Å². The van der Waals surface area contributed by atoms with E-state index in [1.807, 2.05) is 6.07 Å². The van der Waals surface area contributed by atoms with Crippen LogP contribution in [-0.2, 0) is 0 Å². The molecule has 0 aliphatic heterocycles. The minimum Gasteiger partial charge on any atom is -0.374 e. The van der Waals surface area contributed by atoms with Crippen LogP contribution in [0.15, 0.2) is 29.6 Å². The van der Waals surface area contributed by atoms with Gasteiger partial charge in [0.25, 0.3) is 0 Å². The third-order valence-electron chi connectivity index (χ3n) is 2.15. The summed E-state index contributed by atoms with van der Waals surface area (Å²) in [5, 5.41) is 12.6. The molecule has 0 atom stereocenters. The molecule has 0 amide bonds. The van der Waals surface area contributed by atoms with Gasteiger partial charge in [-0.05, 0) is 16.8 Å². The second kappa shape index (κ2) is 3.29. The molecule has 3 nitrogen and oxygen atoms in total. The fourth-order valence-electron chi connectivity index (χ4n) is 1.50. The molecule has 0 aliphatic carbocycles. The lowest BCUT2D eigenvalue weighted by Gasteiger charge is -1.96. The van der Waals surface area contributed by atoms with E-state index in [9.17, 15) is 0 Å². The third-order valence-corrected chi connectivity index (χ3v) is 3.90. The lowest BCUT2D eigenvalue weighted by molar-refractivity contribution is 1.10. The van der Waals surface area contributed by atoms with Gasteiger partial charge in [0, 0.05) is 10.3 Å². The first-order chi connectivity index (χ1) is 7.34. The fourth-order valence-corrected chi connectivity index (χ4v) is 3.13. The minimum absolute atomic E-state index is 0.513. The zero-order valence-electron chi connectivity index (χ0n) is 7.68. The molecule has 3 rings (SSSR count). The third kappa shape index (κ3) is 1.40. The predicted molar refractivity (Wildman–Crippen MR) is 65.1 cm³/mol. The predicted octanol–water partition coefficient (Wildman–Crippen LogP) is 3.00. The second-order valence-electron chi connectivity index (χ2n) is 3.09. The highest BCUT2D eigenvalue weighted by Gasteiger charge is 2.08. The molecule has 0 radical (unpaired) electrons. The Balaban J connectivity index is 2.30. The summed E-state index contributed by atoms with van der Waals surface area (Å²) in [4.78, 5) is 0. The van der Waals surface area contributed by atoms with Crippen molar-refractivity contribution in [2.75, 3.05) is 5.73 Å². The molecule has 74 valence electrons. The van der Waals surface area contributed by atoms with E-state index in [1.165, 1.54) is 21.4 Å². The van der Waals surface area contributed by atoms with Gasteiger partial charge >= 0.3 is 0 Å². The van der Waals surface area contributed by atoms with Crippen LogP contribution in [-0.4, -0.2) is 10.2 Å². The minimum atomic E-state index is 0.513. The molecule has 0 aliphatic rings. The molecule has 3 aromatic rings. The maximum Gasteiger partial charge on any atom is 0.203 e. The molecular formula is C10H7N3S2. The van der Waals surface area contributed by atoms with E-state index >= 15 is 0 Å². The number of nitrogens with two attached hydrogens (primary N) is 1. The summed E-state index contributed by atoms with van der Waals surface area (Å²) in [6.45, 7) is 0. The first-order valence-electron chi connectivity index (χ1n) is 4.40. The van der Waals surface area contributed by atoms with Gasteiger partial charge in [-0.2, -0.15) is 0 Å². The van der Waals surface area contributed by atoms with E-state index in [0.29, 0.717) is 5.13 Å². The summed E-state index contributed by atoms with van der Waals surface area (Å²) < 4.78 is 1.24. The number of rotatable bonds is 1. The van der Waals surface area contributed by atoms with Crippen molar-refractivity contribution in [3.63, 3.8) is 0 Å². The van der Waals surface area contributed by atoms with Crippen molar-refractivity contribution in [3.8, 4) is 10.6 Å². The maximum absolute atomic E-state index is 5.58. The van der Waals surface area contributed by atoms with Crippen LogP contribution in [0.4, 0.5) is 5.13 Å². The zero-order valence-corrected chi connectivity index (χ0v) is 9.31. The summed E-state index contributed by atoms with van der Waals surface area (Å²) in [6.07, 6.45) is 0. The van der Waals surface area contributed by atoms with Gasteiger partial charge in [-0.3, -0.25) is 0 Å². The Hall–Kier alpha value is -1.46. The zero-order chi connectivity index (χ0) is 10.3. The lowest BCUT2D eigenvalue weighted by atomic mass is 10.2. The van der Waals surface area contributed by atoms with Crippen molar-refractivity contribution >= 4 is 37.9 Å². The van der Waals surface area contributed by atoms with Gasteiger partial charge in [0.15, 0.2) is 5.01 Å². The summed E-state index contributed by atoms with van der Waals surface area (Å²) in [5.41, 5.74) is 6.71. The number of thiophene rings is 1. The molecule has 15 heavy (non-hydrogen) atoms. The smallest absolute Gasteiger partial charge is 0.203 e. The van der Waals surface area contributed by atoms with Crippen molar-refractivity contribution in [3.05, 3.63) is 29.6 Å². The highest BCUT2D eigenvalue weighted by atomic mass is 32.1. The molecular weight excluding hydrogens is 226 g/mol. The van der Waals surface area contributed by atoms with Gasteiger partial charge in [0.1, 0.15) is 0 Å². The van der Waals surface area contributed by atoms with E-state index in [4.69, 9.17) is 5.73 Å². The van der Waals surface area contributed by atoms with Crippen molar-refractivity contribution in [1.29, 1.82) is 0 Å². The molecule has 0 bridgehead atoms. The number of fused-ring (bicyclic) bond motifs is 1. The van der Waals surface area contributed by atoms with E-state index in [1.54, 1.807) is 11.3 Å². The number of anilines is 1. The highest BCUT2D eigenvalue weighted by Crippen LogP contribution is 2.34. The molecule has 2 heterocycles. The van der Waals surface area contributed by atoms with Crippen molar-refractivity contribution in [2.24, 2.45) is 0 Å². The van der Waals surface area contributed by atoms with Gasteiger partial charge < -0.3 is 5.73 Å². The molecule has 5 heteroatoms. The Labute approximate surface area is 94.2 Å². The SMILES string of the molecule is Nc1nnc(-c2cccc3ccsc23)s1. The average Bonchev–Trinajstić information content (AvgIpc) is 2.84. The standard InChI is InChI=1S/C10H7N3S2/c11-10-13-12-9(15-10)7-3-1-2-6-4-5-14-8(6)7/h1-5H,(H2,11,13). The van der Waals surface area contributed by atoms with E-state index < -0.39 is 0 Å². The number of hydrogen-bond acceptors (Lipinski definition) is 5. The van der Waals surface area contributed by atoms with Crippen LogP contribution in [0.2, 0.25) is 0 Å². The largest absolute Gasteiger partial charge is 0.374 e. The topological polar surface area (TPSA) is 51.8 Å². The summed E-state index contributed by atoms with van der Waals surface area (Å²) in [5.74, 6) is 0. The van der Waals surface area contributed by atoms with Crippen LogP contribution in [0.1, 0.15) is 0 Å². The quantitative estimate of drug-likeness (QED) is 0.703. The van der Waals surface area contributed by atoms with Crippen LogP contribution < -0.4 is 5.73 Å². The van der Waals surface area contributed by atoms with Crippen molar-refractivity contribution < 1.29 is 0 Å². The van der Waals surface area contributed by atoms with Crippen LogP contribution >= 0.6 is 22.7 Å². The molecule has 0 unspecified atom stereocenters. The van der Waals surface area contributed by atoms with Crippen LogP contribution in [0.3, 0.4) is 0 Å². The van der Waals surface area contributed by atoms with E-state index in [2.05, 4.69) is 33.8 Å². The second-order valence-corrected chi connectivity index (χ2v) is 5.02. The summed E-state index contributed by atoms with van der Waals surface area (Å²) >= 11 is 3.14. The number of aromatic nitrogens is 2.